The normalized spacial score (nSPS) is 17.4. The highest BCUT2D eigenvalue weighted by molar-refractivity contribution is 7.99. The molecule has 0 aliphatic carbocycles. The third kappa shape index (κ3) is 8.60. The Morgan fingerprint density at radius 1 is 1.14 bits per heavy atom. The van der Waals surface area contributed by atoms with Gasteiger partial charge in [-0.25, -0.2) is 0 Å². The molecule has 37 heavy (non-hydrogen) atoms. The third-order valence-corrected chi connectivity index (χ3v) is 6.82. The molecule has 1 heterocycles. The molecule has 0 spiro atoms. The average Bonchev–Trinajstić information content (AvgIpc) is 2.87. The van der Waals surface area contributed by atoms with Gasteiger partial charge in [0.1, 0.15) is 12.1 Å². The van der Waals surface area contributed by atoms with E-state index >= 15 is 0 Å². The number of carbonyl (C=O) groups excluding carboxylic acids is 4. The van der Waals surface area contributed by atoms with Crippen molar-refractivity contribution in [1.29, 1.82) is 0 Å². The van der Waals surface area contributed by atoms with Crippen LogP contribution in [0.15, 0.2) is 54.6 Å². The Balaban J connectivity index is 1.70. The molecule has 12 heteroatoms. The number of primary amides is 1. The maximum absolute atomic E-state index is 13.4. The minimum absolute atomic E-state index is 0.0380. The van der Waals surface area contributed by atoms with Gasteiger partial charge in [0.05, 0.1) is 17.2 Å². The van der Waals surface area contributed by atoms with Crippen LogP contribution >= 0.6 is 11.8 Å². The Morgan fingerprint density at radius 2 is 1.84 bits per heavy atom. The number of thioether (sulfide) groups is 1. The van der Waals surface area contributed by atoms with E-state index in [1.165, 1.54) is 40.9 Å². The van der Waals surface area contributed by atoms with E-state index in [0.29, 0.717) is 24.3 Å². The lowest BCUT2D eigenvalue weighted by Crippen LogP contribution is -2.54. The van der Waals surface area contributed by atoms with Gasteiger partial charge in [0.2, 0.25) is 23.6 Å². The number of rotatable bonds is 9. The van der Waals surface area contributed by atoms with Gasteiger partial charge in [0.15, 0.2) is 0 Å². The van der Waals surface area contributed by atoms with Gasteiger partial charge in [-0.2, -0.15) is 11.8 Å². The summed E-state index contributed by atoms with van der Waals surface area (Å²) >= 11 is 1.45. The van der Waals surface area contributed by atoms with E-state index in [1.54, 1.807) is 0 Å². The standard InChI is InChI=1S/C25H29N5O6S/c26-24(33)20(13-18-7-9-19(10-8-18)30(35)36)27-22(31)15-29-11-4-12-37-16-23(32)28-21(25(29)34)14-17-5-2-1-3-6-17/h1-3,5-10,20-21H,4,11-16H2,(H2,26,33)(H,27,31)(H,28,32)/t20-,21-/m0/s1. The zero-order valence-corrected chi connectivity index (χ0v) is 20.9. The second-order valence-electron chi connectivity index (χ2n) is 8.63. The molecule has 1 fully saturated rings. The highest BCUT2D eigenvalue weighted by Crippen LogP contribution is 2.14. The SMILES string of the molecule is NC(=O)[C@H](Cc1ccc([N+](=O)[O-])cc1)NC(=O)CN1CCCSCC(=O)N[C@@H](Cc2ccccc2)C1=O. The maximum atomic E-state index is 13.4. The predicted molar refractivity (Wildman–Crippen MR) is 139 cm³/mol. The van der Waals surface area contributed by atoms with Crippen LogP contribution < -0.4 is 16.4 Å². The summed E-state index contributed by atoms with van der Waals surface area (Å²) in [4.78, 5) is 62.4. The fraction of sp³-hybridized carbons (Fsp3) is 0.360. The van der Waals surface area contributed by atoms with Crippen molar-refractivity contribution in [3.05, 3.63) is 75.8 Å². The van der Waals surface area contributed by atoms with Crippen molar-refractivity contribution in [1.82, 2.24) is 15.5 Å². The number of amides is 4. The highest BCUT2D eigenvalue weighted by atomic mass is 32.2. The fourth-order valence-electron chi connectivity index (χ4n) is 3.92. The summed E-state index contributed by atoms with van der Waals surface area (Å²) in [5.41, 5.74) is 6.83. The monoisotopic (exact) mass is 527 g/mol. The summed E-state index contributed by atoms with van der Waals surface area (Å²) in [6.07, 6.45) is 0.908. The van der Waals surface area contributed by atoms with Gasteiger partial charge in [0.25, 0.3) is 5.69 Å². The number of hydrogen-bond acceptors (Lipinski definition) is 7. The number of nitrogens with two attached hydrogens (primary N) is 1. The van der Waals surface area contributed by atoms with E-state index < -0.39 is 28.8 Å². The summed E-state index contributed by atoms with van der Waals surface area (Å²) in [7, 11) is 0. The summed E-state index contributed by atoms with van der Waals surface area (Å²) in [5.74, 6) is -1.08. The van der Waals surface area contributed by atoms with E-state index in [2.05, 4.69) is 10.6 Å². The molecule has 0 saturated carbocycles. The molecule has 2 aromatic rings. The van der Waals surface area contributed by atoms with E-state index in [0.717, 1.165) is 5.56 Å². The molecule has 4 N–H and O–H groups in total. The van der Waals surface area contributed by atoms with Crippen LogP contribution in [-0.2, 0) is 32.0 Å². The third-order valence-electron chi connectivity index (χ3n) is 5.78. The zero-order chi connectivity index (χ0) is 26.8. The lowest BCUT2D eigenvalue weighted by Gasteiger charge is -2.29. The Kier molecular flexibility index (Phi) is 10.0. The Bertz CT molecular complexity index is 1130. The fourth-order valence-corrected chi connectivity index (χ4v) is 4.67. The number of hydrogen-bond donors (Lipinski definition) is 3. The van der Waals surface area contributed by atoms with Crippen LogP contribution in [0.25, 0.3) is 0 Å². The van der Waals surface area contributed by atoms with E-state index in [1.807, 2.05) is 30.3 Å². The van der Waals surface area contributed by atoms with Crippen LogP contribution in [-0.4, -0.2) is 70.1 Å². The van der Waals surface area contributed by atoms with Crippen molar-refractivity contribution >= 4 is 41.1 Å². The number of carbonyl (C=O) groups is 4. The van der Waals surface area contributed by atoms with Crippen LogP contribution in [0.5, 0.6) is 0 Å². The van der Waals surface area contributed by atoms with Gasteiger partial charge in [-0.15, -0.1) is 0 Å². The summed E-state index contributed by atoms with van der Waals surface area (Å²) < 4.78 is 0. The van der Waals surface area contributed by atoms with Gasteiger partial charge in [-0.1, -0.05) is 42.5 Å². The van der Waals surface area contributed by atoms with Crippen molar-refractivity contribution in [2.45, 2.75) is 31.3 Å². The number of nitro benzene ring substituents is 1. The molecule has 0 radical (unpaired) electrons. The van der Waals surface area contributed by atoms with Crippen LogP contribution in [0.1, 0.15) is 17.5 Å². The van der Waals surface area contributed by atoms with E-state index in [9.17, 15) is 29.3 Å². The molecule has 11 nitrogen and oxygen atoms in total. The maximum Gasteiger partial charge on any atom is 0.269 e. The first-order valence-electron chi connectivity index (χ1n) is 11.7. The quantitative estimate of drug-likeness (QED) is 0.320. The number of non-ortho nitro benzene ring substituents is 1. The minimum Gasteiger partial charge on any atom is -0.368 e. The molecule has 196 valence electrons. The van der Waals surface area contributed by atoms with Crippen LogP contribution in [0, 0.1) is 10.1 Å². The second-order valence-corrected chi connectivity index (χ2v) is 9.73. The summed E-state index contributed by atoms with van der Waals surface area (Å²) in [6.45, 7) is -0.00128. The van der Waals surface area contributed by atoms with Crippen molar-refractivity contribution in [2.75, 3.05) is 24.6 Å². The van der Waals surface area contributed by atoms with Gasteiger partial charge >= 0.3 is 0 Å². The molecule has 2 atom stereocenters. The number of nitrogens with one attached hydrogen (secondary N) is 2. The molecular weight excluding hydrogens is 498 g/mol. The van der Waals surface area contributed by atoms with Gasteiger partial charge in [0, 0.05) is 31.5 Å². The molecular formula is C25H29N5O6S. The highest BCUT2D eigenvalue weighted by Gasteiger charge is 2.29. The predicted octanol–water partition coefficient (Wildman–Crippen LogP) is 0.800. The largest absolute Gasteiger partial charge is 0.368 e. The molecule has 4 amide bonds. The molecule has 1 aliphatic rings. The van der Waals surface area contributed by atoms with Crippen molar-refractivity contribution in [3.8, 4) is 0 Å². The first-order valence-corrected chi connectivity index (χ1v) is 12.9. The molecule has 1 aliphatic heterocycles. The lowest BCUT2D eigenvalue weighted by molar-refractivity contribution is -0.384. The molecule has 1 saturated heterocycles. The molecule has 0 unspecified atom stereocenters. The summed E-state index contributed by atoms with van der Waals surface area (Å²) in [6, 6.07) is 12.9. The van der Waals surface area contributed by atoms with Gasteiger partial charge < -0.3 is 21.3 Å². The molecule has 2 aromatic carbocycles. The van der Waals surface area contributed by atoms with Crippen LogP contribution in [0.2, 0.25) is 0 Å². The number of nitrogens with zero attached hydrogens (tertiary/aromatic N) is 2. The molecule has 3 rings (SSSR count). The Morgan fingerprint density at radius 3 is 2.49 bits per heavy atom. The summed E-state index contributed by atoms with van der Waals surface area (Å²) in [5, 5.41) is 16.2. The topological polar surface area (TPSA) is 165 Å². The van der Waals surface area contributed by atoms with Crippen molar-refractivity contribution in [2.24, 2.45) is 5.73 Å². The van der Waals surface area contributed by atoms with Crippen LogP contribution in [0.3, 0.4) is 0 Å². The van der Waals surface area contributed by atoms with E-state index in [-0.39, 0.29) is 42.6 Å². The van der Waals surface area contributed by atoms with Gasteiger partial charge in [-0.3, -0.25) is 29.3 Å². The average molecular weight is 528 g/mol. The first-order chi connectivity index (χ1) is 17.7. The van der Waals surface area contributed by atoms with E-state index in [4.69, 9.17) is 5.73 Å². The zero-order valence-electron chi connectivity index (χ0n) is 20.1. The number of nitro groups is 1. The molecule has 0 bridgehead atoms. The lowest BCUT2D eigenvalue weighted by atomic mass is 10.0. The van der Waals surface area contributed by atoms with Crippen LogP contribution in [0.4, 0.5) is 5.69 Å². The first kappa shape index (κ1) is 27.7. The van der Waals surface area contributed by atoms with Crippen molar-refractivity contribution < 1.29 is 24.1 Å². The van der Waals surface area contributed by atoms with Gasteiger partial charge in [-0.05, 0) is 23.3 Å². The Hall–Kier alpha value is -3.93. The smallest absolute Gasteiger partial charge is 0.269 e. The Labute approximate surface area is 218 Å². The van der Waals surface area contributed by atoms with Crippen molar-refractivity contribution in [3.63, 3.8) is 0 Å². The minimum atomic E-state index is -1.07. The molecule has 0 aromatic heterocycles. The number of benzene rings is 2. The second kappa shape index (κ2) is 13.4.